The second kappa shape index (κ2) is 9.61. The zero-order valence-electron chi connectivity index (χ0n) is 19.3. The first-order valence-corrected chi connectivity index (χ1v) is 12.1. The maximum Gasteiger partial charge on any atom is 0.227 e. The fraction of sp³-hybridized carbons (Fsp3) is 0.462. The Kier molecular flexibility index (Phi) is 6.42. The largest absolute Gasteiger partial charge is 0.340 e. The van der Waals surface area contributed by atoms with Gasteiger partial charge in [0.1, 0.15) is 11.6 Å². The number of carbonyl (C=O) groups is 1. The number of aromatic nitrogens is 2. The summed E-state index contributed by atoms with van der Waals surface area (Å²) in [5, 5.41) is 0. The number of hydrogen-bond donors (Lipinski definition) is 0. The number of likely N-dealkylation sites (N-methyl/N-ethyl adjacent to an activating group) is 1. The zero-order chi connectivity index (χ0) is 22.8. The third kappa shape index (κ3) is 4.66. The lowest BCUT2D eigenvalue weighted by atomic mass is 9.96. The number of amides is 1. The standard InChI is InChI=1S/C26H32FN5O/c1-2-29-14-16-31(17-15-29)26(33)20-6-5-13-30(18-20)19-25-28-23-7-3-4-8-24(23)32(25)22-11-9-21(27)10-12-22/h3-4,7-12,20H,2,5-6,13-19H2,1H3/t20-/m0/s1. The Bertz CT molecular complexity index is 1100. The molecule has 5 rings (SSSR count). The van der Waals surface area contributed by atoms with Gasteiger partial charge >= 0.3 is 0 Å². The summed E-state index contributed by atoms with van der Waals surface area (Å²) in [6, 6.07) is 14.6. The number of benzene rings is 2. The fourth-order valence-corrected chi connectivity index (χ4v) is 5.20. The molecule has 2 fully saturated rings. The van der Waals surface area contributed by atoms with Crippen LogP contribution in [0.1, 0.15) is 25.6 Å². The lowest BCUT2D eigenvalue weighted by Gasteiger charge is -2.38. The number of piperidine rings is 1. The monoisotopic (exact) mass is 449 g/mol. The van der Waals surface area contributed by atoms with Crippen molar-refractivity contribution in [2.45, 2.75) is 26.3 Å². The van der Waals surface area contributed by atoms with Crippen molar-refractivity contribution in [2.75, 3.05) is 45.8 Å². The Hall–Kier alpha value is -2.77. The van der Waals surface area contributed by atoms with Gasteiger partial charge in [0.25, 0.3) is 0 Å². The molecule has 0 saturated carbocycles. The van der Waals surface area contributed by atoms with Gasteiger partial charge in [-0.05, 0) is 62.3 Å². The molecule has 1 aromatic heterocycles. The highest BCUT2D eigenvalue weighted by Crippen LogP contribution is 2.26. The van der Waals surface area contributed by atoms with Gasteiger partial charge in [0, 0.05) is 38.4 Å². The highest BCUT2D eigenvalue weighted by atomic mass is 19.1. The molecular formula is C26H32FN5O. The summed E-state index contributed by atoms with van der Waals surface area (Å²) >= 11 is 0. The fourth-order valence-electron chi connectivity index (χ4n) is 5.20. The van der Waals surface area contributed by atoms with Crippen LogP contribution in [-0.2, 0) is 11.3 Å². The number of imidazole rings is 1. The third-order valence-corrected chi connectivity index (χ3v) is 7.07. The smallest absolute Gasteiger partial charge is 0.227 e. The number of piperazine rings is 1. The van der Waals surface area contributed by atoms with Crippen molar-refractivity contribution >= 4 is 16.9 Å². The first kappa shape index (κ1) is 22.0. The van der Waals surface area contributed by atoms with Crippen molar-refractivity contribution in [2.24, 2.45) is 5.92 Å². The SMILES string of the molecule is CCN1CCN(C(=O)[C@H]2CCCN(Cc3nc4ccccc4n3-c3ccc(F)cc3)C2)CC1. The van der Waals surface area contributed by atoms with E-state index in [1.54, 1.807) is 12.1 Å². The van der Waals surface area contributed by atoms with Gasteiger partial charge in [-0.15, -0.1) is 0 Å². The van der Waals surface area contributed by atoms with Crippen molar-refractivity contribution in [3.8, 4) is 5.69 Å². The molecule has 0 N–H and O–H groups in total. The normalized spacial score (nSPS) is 20.4. The molecule has 0 radical (unpaired) electrons. The van der Waals surface area contributed by atoms with E-state index >= 15 is 0 Å². The molecule has 2 saturated heterocycles. The number of rotatable bonds is 5. The second-order valence-corrected chi connectivity index (χ2v) is 9.16. The van der Waals surface area contributed by atoms with E-state index in [4.69, 9.17) is 4.98 Å². The highest BCUT2D eigenvalue weighted by Gasteiger charge is 2.31. The molecular weight excluding hydrogens is 417 g/mol. The van der Waals surface area contributed by atoms with Crippen LogP contribution in [0.5, 0.6) is 0 Å². The maximum atomic E-state index is 13.6. The second-order valence-electron chi connectivity index (χ2n) is 9.16. The molecule has 6 nitrogen and oxygen atoms in total. The molecule has 174 valence electrons. The van der Waals surface area contributed by atoms with Crippen LogP contribution in [0.3, 0.4) is 0 Å². The molecule has 3 aromatic rings. The molecule has 0 unspecified atom stereocenters. The molecule has 2 aromatic carbocycles. The van der Waals surface area contributed by atoms with E-state index < -0.39 is 0 Å². The number of hydrogen-bond acceptors (Lipinski definition) is 4. The van der Waals surface area contributed by atoms with Gasteiger partial charge in [0.05, 0.1) is 23.5 Å². The van der Waals surface area contributed by atoms with Crippen LogP contribution in [0.25, 0.3) is 16.7 Å². The first-order valence-electron chi connectivity index (χ1n) is 12.1. The highest BCUT2D eigenvalue weighted by molar-refractivity contribution is 5.79. The number of likely N-dealkylation sites (tertiary alicyclic amines) is 1. The minimum absolute atomic E-state index is 0.0515. The van der Waals surface area contributed by atoms with Gasteiger partial charge in [-0.2, -0.15) is 0 Å². The van der Waals surface area contributed by atoms with E-state index in [-0.39, 0.29) is 11.7 Å². The Morgan fingerprint density at radius 3 is 2.52 bits per heavy atom. The number of nitrogens with zero attached hydrogens (tertiary/aromatic N) is 5. The maximum absolute atomic E-state index is 13.6. The predicted octanol–water partition coefficient (Wildman–Crippen LogP) is 3.54. The number of para-hydroxylation sites is 2. The van der Waals surface area contributed by atoms with Gasteiger partial charge in [-0.25, -0.2) is 9.37 Å². The first-order chi connectivity index (χ1) is 16.1. The number of halogens is 1. The van der Waals surface area contributed by atoms with E-state index in [0.717, 1.165) is 81.2 Å². The molecule has 7 heteroatoms. The van der Waals surface area contributed by atoms with E-state index in [2.05, 4.69) is 26.2 Å². The Balaban J connectivity index is 1.34. The summed E-state index contributed by atoms with van der Waals surface area (Å²) < 4.78 is 15.7. The van der Waals surface area contributed by atoms with Gasteiger partial charge in [-0.1, -0.05) is 19.1 Å². The average molecular weight is 450 g/mol. The van der Waals surface area contributed by atoms with Crippen molar-refractivity contribution in [1.29, 1.82) is 0 Å². The number of carbonyl (C=O) groups excluding carboxylic acids is 1. The van der Waals surface area contributed by atoms with Crippen LogP contribution in [-0.4, -0.2) is 76.0 Å². The van der Waals surface area contributed by atoms with Crippen LogP contribution >= 0.6 is 0 Å². The van der Waals surface area contributed by atoms with Gasteiger partial charge in [0.2, 0.25) is 5.91 Å². The van der Waals surface area contributed by atoms with Crippen LogP contribution < -0.4 is 0 Å². The lowest BCUT2D eigenvalue weighted by Crippen LogP contribution is -2.52. The van der Waals surface area contributed by atoms with Crippen LogP contribution in [0.2, 0.25) is 0 Å². The zero-order valence-corrected chi connectivity index (χ0v) is 19.3. The molecule has 1 amide bonds. The van der Waals surface area contributed by atoms with E-state index in [1.807, 2.05) is 24.3 Å². The van der Waals surface area contributed by atoms with Crippen molar-refractivity contribution < 1.29 is 9.18 Å². The summed E-state index contributed by atoms with van der Waals surface area (Å²) in [5.41, 5.74) is 2.84. The minimum atomic E-state index is -0.248. The van der Waals surface area contributed by atoms with Gasteiger partial charge in [-0.3, -0.25) is 14.3 Å². The molecule has 2 aliphatic heterocycles. The van der Waals surface area contributed by atoms with Crippen molar-refractivity contribution in [1.82, 2.24) is 24.3 Å². The summed E-state index contributed by atoms with van der Waals surface area (Å²) in [6.45, 7) is 9.23. The summed E-state index contributed by atoms with van der Waals surface area (Å²) in [5.74, 6) is 1.03. The Morgan fingerprint density at radius 2 is 1.76 bits per heavy atom. The molecule has 0 aliphatic carbocycles. The number of fused-ring (bicyclic) bond motifs is 1. The van der Waals surface area contributed by atoms with E-state index in [9.17, 15) is 9.18 Å². The van der Waals surface area contributed by atoms with Crippen LogP contribution in [0.15, 0.2) is 48.5 Å². The lowest BCUT2D eigenvalue weighted by molar-refractivity contribution is -0.139. The average Bonchev–Trinajstić information content (AvgIpc) is 3.22. The van der Waals surface area contributed by atoms with Gasteiger partial charge < -0.3 is 9.80 Å². The summed E-state index contributed by atoms with van der Waals surface area (Å²) in [7, 11) is 0. The summed E-state index contributed by atoms with van der Waals surface area (Å²) in [6.07, 6.45) is 1.97. The van der Waals surface area contributed by atoms with E-state index in [1.165, 1.54) is 12.1 Å². The van der Waals surface area contributed by atoms with Gasteiger partial charge in [0.15, 0.2) is 0 Å². The topological polar surface area (TPSA) is 44.6 Å². The minimum Gasteiger partial charge on any atom is -0.340 e. The Labute approximate surface area is 194 Å². The molecule has 1 atom stereocenters. The summed E-state index contributed by atoms with van der Waals surface area (Å²) in [4.78, 5) is 25.0. The molecule has 0 spiro atoms. The Morgan fingerprint density at radius 1 is 1.00 bits per heavy atom. The van der Waals surface area contributed by atoms with Crippen LogP contribution in [0.4, 0.5) is 4.39 Å². The molecule has 3 heterocycles. The van der Waals surface area contributed by atoms with E-state index in [0.29, 0.717) is 12.5 Å². The van der Waals surface area contributed by atoms with Crippen molar-refractivity contribution in [3.63, 3.8) is 0 Å². The molecule has 0 bridgehead atoms. The van der Waals surface area contributed by atoms with Crippen LogP contribution in [0, 0.1) is 11.7 Å². The molecule has 2 aliphatic rings. The van der Waals surface area contributed by atoms with Crippen molar-refractivity contribution in [3.05, 3.63) is 60.2 Å². The molecule has 33 heavy (non-hydrogen) atoms. The quantitative estimate of drug-likeness (QED) is 0.598. The third-order valence-electron chi connectivity index (χ3n) is 7.07. The predicted molar refractivity (Wildman–Crippen MR) is 128 cm³/mol.